The van der Waals surface area contributed by atoms with Gasteiger partial charge in [-0.25, -0.2) is 18.3 Å². The highest BCUT2D eigenvalue weighted by Gasteiger charge is 2.37. The van der Waals surface area contributed by atoms with E-state index in [9.17, 15) is 13.6 Å². The molecular weight excluding hydrogens is 452 g/mol. The predicted octanol–water partition coefficient (Wildman–Crippen LogP) is 5.28. The molecule has 35 heavy (non-hydrogen) atoms. The van der Waals surface area contributed by atoms with Crippen LogP contribution in [0, 0.1) is 11.6 Å². The van der Waals surface area contributed by atoms with Gasteiger partial charge in [0, 0.05) is 28.7 Å². The number of para-hydroxylation sites is 1. The molecule has 1 amide bonds. The summed E-state index contributed by atoms with van der Waals surface area (Å²) in [6.07, 6.45) is -0.0383. The van der Waals surface area contributed by atoms with E-state index >= 15 is 0 Å². The van der Waals surface area contributed by atoms with Crippen molar-refractivity contribution in [2.75, 3.05) is 13.2 Å². The molecule has 2 aromatic heterocycles. The van der Waals surface area contributed by atoms with E-state index in [0.717, 1.165) is 51.4 Å². The van der Waals surface area contributed by atoms with Crippen LogP contribution in [0.4, 0.5) is 13.6 Å². The molecule has 176 valence electrons. The minimum absolute atomic E-state index is 0.0769. The Kier molecular flexibility index (Phi) is 4.98. The highest BCUT2D eigenvalue weighted by atomic mass is 19.1. The van der Waals surface area contributed by atoms with E-state index in [0.29, 0.717) is 18.7 Å². The largest absolute Gasteiger partial charge is 0.450 e. The number of nitrogens with zero attached hydrogens (tertiary/aromatic N) is 4. The zero-order valence-electron chi connectivity index (χ0n) is 18.8. The van der Waals surface area contributed by atoms with Crippen LogP contribution in [-0.4, -0.2) is 44.1 Å². The van der Waals surface area contributed by atoms with Gasteiger partial charge in [0.05, 0.1) is 17.8 Å². The number of halogens is 2. The van der Waals surface area contributed by atoms with Crippen molar-refractivity contribution in [3.05, 3.63) is 89.1 Å². The number of hydrogen-bond acceptors (Lipinski definition) is 4. The molecule has 7 nitrogen and oxygen atoms in total. The average Bonchev–Trinajstić information content (AvgIpc) is 3.46. The Morgan fingerprint density at radius 1 is 1.14 bits per heavy atom. The van der Waals surface area contributed by atoms with Gasteiger partial charge in [-0.3, -0.25) is 4.90 Å². The highest BCUT2D eigenvalue weighted by Crippen LogP contribution is 2.40. The van der Waals surface area contributed by atoms with E-state index in [1.54, 1.807) is 11.6 Å². The molecule has 1 N–H and O–H groups in total. The maximum atomic E-state index is 14.9. The van der Waals surface area contributed by atoms with Crippen LogP contribution in [0.1, 0.15) is 29.8 Å². The van der Waals surface area contributed by atoms with E-state index in [1.807, 2.05) is 42.5 Å². The van der Waals surface area contributed by atoms with Crippen LogP contribution in [0.2, 0.25) is 0 Å². The lowest BCUT2D eigenvalue weighted by molar-refractivity contribution is 0.0925. The third kappa shape index (κ3) is 3.42. The van der Waals surface area contributed by atoms with Gasteiger partial charge in [0.25, 0.3) is 0 Å². The number of nitrogens with one attached hydrogen (secondary N) is 1. The molecule has 1 unspecified atom stereocenters. The summed E-state index contributed by atoms with van der Waals surface area (Å²) in [4.78, 5) is 17.6. The fraction of sp³-hybridized carbons (Fsp3) is 0.192. The van der Waals surface area contributed by atoms with E-state index in [-0.39, 0.29) is 12.2 Å². The van der Waals surface area contributed by atoms with Crippen molar-refractivity contribution in [1.82, 2.24) is 24.9 Å². The van der Waals surface area contributed by atoms with Crippen LogP contribution in [0.5, 0.6) is 0 Å². The maximum Gasteiger partial charge on any atom is 0.410 e. The molecule has 5 aromatic rings. The van der Waals surface area contributed by atoms with Crippen molar-refractivity contribution in [2.45, 2.75) is 19.4 Å². The van der Waals surface area contributed by atoms with Crippen LogP contribution >= 0.6 is 0 Å². The lowest BCUT2D eigenvalue weighted by Crippen LogP contribution is -2.41. The Bertz CT molecular complexity index is 1590. The average molecular weight is 473 g/mol. The Hall–Kier alpha value is -4.27. The molecular formula is C26H21F2N5O2. The minimum Gasteiger partial charge on any atom is -0.450 e. The predicted molar refractivity (Wildman–Crippen MR) is 126 cm³/mol. The quantitative estimate of drug-likeness (QED) is 0.387. The minimum atomic E-state index is -0.850. The zero-order chi connectivity index (χ0) is 24.1. The highest BCUT2D eigenvalue weighted by molar-refractivity contribution is 5.88. The van der Waals surface area contributed by atoms with Crippen molar-refractivity contribution in [3.63, 3.8) is 0 Å². The number of H-pyrrole nitrogens is 1. The number of aromatic nitrogens is 4. The van der Waals surface area contributed by atoms with Crippen molar-refractivity contribution in [1.29, 1.82) is 0 Å². The molecule has 0 radical (unpaired) electrons. The first-order valence-electron chi connectivity index (χ1n) is 11.4. The molecule has 9 heteroatoms. The first-order valence-corrected chi connectivity index (χ1v) is 11.4. The SMILES string of the molecule is CCOC(=O)N1CCc2c([nH]c3ccc(-n4nnc5ccccc54)cc23)C1c1cc(F)ccc1F. The standard InChI is InChI=1S/C26H21F2N5O2/c1-2-35-26(34)32-12-11-17-18-14-16(33-23-6-4-3-5-22(23)30-31-33)8-10-21(18)29-24(17)25(32)19-13-15(27)7-9-20(19)28/h3-10,13-14,25,29H,2,11-12H2,1H3. The summed E-state index contributed by atoms with van der Waals surface area (Å²) in [6, 6.07) is 16.0. The molecule has 1 atom stereocenters. The number of ether oxygens (including phenoxy) is 1. The van der Waals surface area contributed by atoms with Crippen LogP contribution in [-0.2, 0) is 11.2 Å². The van der Waals surface area contributed by atoms with E-state index in [2.05, 4.69) is 15.3 Å². The summed E-state index contributed by atoms with van der Waals surface area (Å²) < 4.78 is 36.1. The number of rotatable bonds is 3. The van der Waals surface area contributed by atoms with Gasteiger partial charge in [-0.15, -0.1) is 5.10 Å². The number of hydrogen-bond donors (Lipinski definition) is 1. The molecule has 0 aliphatic carbocycles. The van der Waals surface area contributed by atoms with Gasteiger partial charge in [-0.05, 0) is 67.4 Å². The van der Waals surface area contributed by atoms with Gasteiger partial charge < -0.3 is 9.72 Å². The normalized spacial score (nSPS) is 15.5. The molecule has 0 fully saturated rings. The van der Waals surface area contributed by atoms with Crippen molar-refractivity contribution >= 4 is 28.0 Å². The van der Waals surface area contributed by atoms with Crippen molar-refractivity contribution in [3.8, 4) is 5.69 Å². The number of carbonyl (C=O) groups is 1. The second-order valence-corrected chi connectivity index (χ2v) is 8.45. The van der Waals surface area contributed by atoms with Crippen LogP contribution in [0.15, 0.2) is 60.7 Å². The zero-order valence-corrected chi connectivity index (χ0v) is 18.8. The number of amides is 1. The summed E-state index contributed by atoms with van der Waals surface area (Å²) in [7, 11) is 0. The van der Waals surface area contributed by atoms with Gasteiger partial charge in [0.15, 0.2) is 0 Å². The van der Waals surface area contributed by atoms with E-state index < -0.39 is 23.8 Å². The first-order chi connectivity index (χ1) is 17.0. The topological polar surface area (TPSA) is 76.0 Å². The van der Waals surface area contributed by atoms with Gasteiger partial charge in [0.1, 0.15) is 23.2 Å². The molecule has 0 saturated carbocycles. The Morgan fingerprint density at radius 2 is 2.00 bits per heavy atom. The summed E-state index contributed by atoms with van der Waals surface area (Å²) in [5.41, 5.74) is 4.99. The third-order valence-electron chi connectivity index (χ3n) is 6.46. The number of aromatic amines is 1. The van der Waals surface area contributed by atoms with Crippen molar-refractivity contribution in [2.24, 2.45) is 0 Å². The monoisotopic (exact) mass is 473 g/mol. The fourth-order valence-corrected chi connectivity index (χ4v) is 4.92. The van der Waals surface area contributed by atoms with Gasteiger partial charge in [-0.1, -0.05) is 17.3 Å². The number of benzene rings is 3. The third-order valence-corrected chi connectivity index (χ3v) is 6.46. The van der Waals surface area contributed by atoms with Crippen molar-refractivity contribution < 1.29 is 18.3 Å². The van der Waals surface area contributed by atoms with Gasteiger partial charge in [-0.2, -0.15) is 0 Å². The molecule has 1 aliphatic heterocycles. The molecule has 0 saturated heterocycles. The first kappa shape index (κ1) is 21.3. The molecule has 6 rings (SSSR count). The molecule has 0 bridgehead atoms. The maximum absolute atomic E-state index is 14.9. The van der Waals surface area contributed by atoms with Gasteiger partial charge in [0.2, 0.25) is 0 Å². The van der Waals surface area contributed by atoms with Crippen LogP contribution in [0.3, 0.4) is 0 Å². The van der Waals surface area contributed by atoms with E-state index in [4.69, 9.17) is 4.74 Å². The molecule has 3 aromatic carbocycles. The number of carbonyl (C=O) groups excluding carboxylic acids is 1. The Morgan fingerprint density at radius 3 is 2.86 bits per heavy atom. The fourth-order valence-electron chi connectivity index (χ4n) is 4.92. The summed E-state index contributed by atoms with van der Waals surface area (Å²) >= 11 is 0. The summed E-state index contributed by atoms with van der Waals surface area (Å²) in [6.45, 7) is 2.20. The lowest BCUT2D eigenvalue weighted by atomic mass is 9.92. The Labute approximate surface area is 198 Å². The number of fused-ring (bicyclic) bond motifs is 4. The van der Waals surface area contributed by atoms with Crippen LogP contribution < -0.4 is 0 Å². The lowest BCUT2D eigenvalue weighted by Gasteiger charge is -2.35. The Balaban J connectivity index is 1.52. The molecule has 0 spiro atoms. The summed E-state index contributed by atoms with van der Waals surface area (Å²) in [5, 5.41) is 9.47. The second kappa shape index (κ2) is 8.19. The molecule has 3 heterocycles. The summed E-state index contributed by atoms with van der Waals surface area (Å²) in [5.74, 6) is -1.17. The second-order valence-electron chi connectivity index (χ2n) is 8.45. The van der Waals surface area contributed by atoms with Gasteiger partial charge >= 0.3 is 6.09 Å². The molecule has 1 aliphatic rings. The smallest absolute Gasteiger partial charge is 0.410 e. The van der Waals surface area contributed by atoms with E-state index in [1.165, 1.54) is 4.90 Å². The van der Waals surface area contributed by atoms with Crippen LogP contribution in [0.25, 0.3) is 27.6 Å².